The van der Waals surface area contributed by atoms with E-state index < -0.39 is 0 Å². The highest BCUT2D eigenvalue weighted by atomic mass is 19.1. The predicted octanol–water partition coefficient (Wildman–Crippen LogP) is 2.85. The van der Waals surface area contributed by atoms with Crippen molar-refractivity contribution >= 4 is 5.91 Å². The summed E-state index contributed by atoms with van der Waals surface area (Å²) in [6.07, 6.45) is 6.20. The summed E-state index contributed by atoms with van der Waals surface area (Å²) in [6, 6.07) is 6.18. The largest absolute Gasteiger partial charge is 0.393 e. The Morgan fingerprint density at radius 1 is 1.14 bits per heavy atom. The standard InChI is InChI=1S/C17H19FN2O2/c18-12-3-1-11(2-4-12)15-9-19-10-16(15)17(22)20-13-5-7-14(21)8-6-13/h1-4,9-10,13-14,19,21H,5-8H2,(H,20,22). The molecule has 1 aromatic heterocycles. The first-order valence-corrected chi connectivity index (χ1v) is 7.55. The third-order valence-corrected chi connectivity index (χ3v) is 4.18. The van der Waals surface area contributed by atoms with Gasteiger partial charge in [0, 0.05) is 24.0 Å². The molecule has 1 amide bonds. The molecule has 4 nitrogen and oxygen atoms in total. The molecule has 0 radical (unpaired) electrons. The Hall–Kier alpha value is -2.14. The van der Waals surface area contributed by atoms with Gasteiger partial charge < -0.3 is 15.4 Å². The number of aromatic amines is 1. The van der Waals surface area contributed by atoms with Gasteiger partial charge in [-0.1, -0.05) is 12.1 Å². The first-order valence-electron chi connectivity index (χ1n) is 7.55. The van der Waals surface area contributed by atoms with Crippen LogP contribution in [0.5, 0.6) is 0 Å². The number of hydrogen-bond acceptors (Lipinski definition) is 2. The van der Waals surface area contributed by atoms with Crippen molar-refractivity contribution in [1.82, 2.24) is 10.3 Å². The SMILES string of the molecule is O=C(NC1CCC(O)CC1)c1c[nH]cc1-c1ccc(F)cc1. The number of H-pyrrole nitrogens is 1. The van der Waals surface area contributed by atoms with Crippen LogP contribution >= 0.6 is 0 Å². The van der Waals surface area contributed by atoms with Crippen molar-refractivity contribution in [3.8, 4) is 11.1 Å². The molecule has 116 valence electrons. The summed E-state index contributed by atoms with van der Waals surface area (Å²) in [5, 5.41) is 12.5. The van der Waals surface area contributed by atoms with Gasteiger partial charge in [0.25, 0.3) is 5.91 Å². The number of aliphatic hydroxyl groups excluding tert-OH is 1. The molecule has 1 saturated carbocycles. The summed E-state index contributed by atoms with van der Waals surface area (Å²) in [5.74, 6) is -0.437. The van der Waals surface area contributed by atoms with E-state index in [4.69, 9.17) is 0 Å². The molecule has 5 heteroatoms. The zero-order valence-corrected chi connectivity index (χ0v) is 12.2. The van der Waals surface area contributed by atoms with E-state index in [1.165, 1.54) is 12.1 Å². The summed E-state index contributed by atoms with van der Waals surface area (Å²) in [5.41, 5.74) is 2.11. The zero-order valence-electron chi connectivity index (χ0n) is 12.2. The van der Waals surface area contributed by atoms with E-state index in [9.17, 15) is 14.3 Å². The highest BCUT2D eigenvalue weighted by molar-refractivity contribution is 6.00. The Morgan fingerprint density at radius 2 is 1.82 bits per heavy atom. The molecule has 22 heavy (non-hydrogen) atoms. The maximum atomic E-state index is 13.0. The van der Waals surface area contributed by atoms with Crippen LogP contribution in [0.3, 0.4) is 0 Å². The number of hydrogen-bond donors (Lipinski definition) is 3. The van der Waals surface area contributed by atoms with Gasteiger partial charge in [0.15, 0.2) is 0 Å². The van der Waals surface area contributed by atoms with Crippen LogP contribution in [0.1, 0.15) is 36.0 Å². The monoisotopic (exact) mass is 302 g/mol. The molecule has 0 spiro atoms. The number of aromatic nitrogens is 1. The predicted molar refractivity (Wildman–Crippen MR) is 81.9 cm³/mol. The normalized spacial score (nSPS) is 21.5. The van der Waals surface area contributed by atoms with E-state index in [1.54, 1.807) is 24.5 Å². The fourth-order valence-electron chi connectivity index (χ4n) is 2.90. The average molecular weight is 302 g/mol. The Kier molecular flexibility index (Phi) is 4.24. The minimum absolute atomic E-state index is 0.104. The topological polar surface area (TPSA) is 65.1 Å². The first-order chi connectivity index (χ1) is 10.6. The molecule has 2 aromatic rings. The zero-order chi connectivity index (χ0) is 15.5. The molecule has 1 fully saturated rings. The Bertz CT molecular complexity index is 643. The Balaban J connectivity index is 1.74. The Morgan fingerprint density at radius 3 is 2.50 bits per heavy atom. The number of halogens is 1. The molecule has 1 aliphatic rings. The molecular weight excluding hydrogens is 283 g/mol. The second-order valence-corrected chi connectivity index (χ2v) is 5.77. The van der Waals surface area contributed by atoms with Crippen LogP contribution in [0.15, 0.2) is 36.7 Å². The fourth-order valence-corrected chi connectivity index (χ4v) is 2.90. The summed E-state index contributed by atoms with van der Waals surface area (Å²) in [7, 11) is 0. The van der Waals surface area contributed by atoms with Gasteiger partial charge in [0.1, 0.15) is 5.82 Å². The molecule has 1 aliphatic carbocycles. The van der Waals surface area contributed by atoms with E-state index in [1.807, 2.05) is 0 Å². The lowest BCUT2D eigenvalue weighted by molar-refractivity contribution is 0.0868. The lowest BCUT2D eigenvalue weighted by Gasteiger charge is -2.26. The van der Waals surface area contributed by atoms with E-state index >= 15 is 0 Å². The van der Waals surface area contributed by atoms with Crippen LogP contribution in [0, 0.1) is 5.82 Å². The number of amides is 1. The minimum atomic E-state index is -0.300. The van der Waals surface area contributed by atoms with Crippen LogP contribution < -0.4 is 5.32 Å². The summed E-state index contributed by atoms with van der Waals surface area (Å²) >= 11 is 0. The third kappa shape index (κ3) is 3.20. The van der Waals surface area contributed by atoms with Crippen LogP contribution in [-0.4, -0.2) is 28.1 Å². The van der Waals surface area contributed by atoms with Crippen molar-refractivity contribution in [3.63, 3.8) is 0 Å². The van der Waals surface area contributed by atoms with Crippen molar-refractivity contribution in [3.05, 3.63) is 48.0 Å². The average Bonchev–Trinajstić information content (AvgIpc) is 3.00. The van der Waals surface area contributed by atoms with Gasteiger partial charge in [-0.3, -0.25) is 4.79 Å². The number of benzene rings is 1. The van der Waals surface area contributed by atoms with Crippen molar-refractivity contribution in [1.29, 1.82) is 0 Å². The third-order valence-electron chi connectivity index (χ3n) is 4.18. The number of carbonyl (C=O) groups is 1. The van der Waals surface area contributed by atoms with Crippen LogP contribution in [0.25, 0.3) is 11.1 Å². The van der Waals surface area contributed by atoms with Gasteiger partial charge in [-0.2, -0.15) is 0 Å². The maximum absolute atomic E-state index is 13.0. The smallest absolute Gasteiger partial charge is 0.253 e. The summed E-state index contributed by atoms with van der Waals surface area (Å²) in [6.45, 7) is 0. The minimum Gasteiger partial charge on any atom is -0.393 e. The van der Waals surface area contributed by atoms with Crippen LogP contribution in [0.4, 0.5) is 4.39 Å². The van der Waals surface area contributed by atoms with Gasteiger partial charge in [-0.15, -0.1) is 0 Å². The molecule has 1 heterocycles. The lowest BCUT2D eigenvalue weighted by atomic mass is 9.93. The van der Waals surface area contributed by atoms with Crippen LogP contribution in [0.2, 0.25) is 0 Å². The highest BCUT2D eigenvalue weighted by Crippen LogP contribution is 2.25. The lowest BCUT2D eigenvalue weighted by Crippen LogP contribution is -2.38. The molecule has 0 aliphatic heterocycles. The van der Waals surface area contributed by atoms with Gasteiger partial charge in [-0.05, 0) is 43.4 Å². The molecule has 3 rings (SSSR count). The second-order valence-electron chi connectivity index (χ2n) is 5.77. The van der Waals surface area contributed by atoms with E-state index in [0.29, 0.717) is 5.56 Å². The summed E-state index contributed by atoms with van der Waals surface area (Å²) in [4.78, 5) is 15.4. The second kappa shape index (κ2) is 6.32. The molecule has 0 bridgehead atoms. The number of aliphatic hydroxyl groups is 1. The van der Waals surface area contributed by atoms with E-state index in [-0.39, 0.29) is 23.9 Å². The van der Waals surface area contributed by atoms with Gasteiger partial charge in [-0.25, -0.2) is 4.39 Å². The molecule has 0 atom stereocenters. The Labute approximate surface area is 128 Å². The molecule has 3 N–H and O–H groups in total. The number of rotatable bonds is 3. The van der Waals surface area contributed by atoms with Crippen molar-refractivity contribution in [2.75, 3.05) is 0 Å². The van der Waals surface area contributed by atoms with E-state index in [2.05, 4.69) is 10.3 Å². The number of carbonyl (C=O) groups excluding carboxylic acids is 1. The fraction of sp³-hybridized carbons (Fsp3) is 0.353. The van der Waals surface area contributed by atoms with Gasteiger partial charge in [0.2, 0.25) is 0 Å². The summed E-state index contributed by atoms with van der Waals surface area (Å²) < 4.78 is 13.0. The van der Waals surface area contributed by atoms with Crippen LogP contribution in [-0.2, 0) is 0 Å². The van der Waals surface area contributed by atoms with Crippen molar-refractivity contribution in [2.24, 2.45) is 0 Å². The molecule has 0 saturated heterocycles. The molecule has 0 unspecified atom stereocenters. The van der Waals surface area contributed by atoms with Crippen molar-refractivity contribution < 1.29 is 14.3 Å². The van der Waals surface area contributed by atoms with Crippen molar-refractivity contribution in [2.45, 2.75) is 37.8 Å². The van der Waals surface area contributed by atoms with Gasteiger partial charge >= 0.3 is 0 Å². The first kappa shape index (κ1) is 14.8. The highest BCUT2D eigenvalue weighted by Gasteiger charge is 2.22. The molecular formula is C17H19FN2O2. The number of nitrogens with one attached hydrogen (secondary N) is 2. The van der Waals surface area contributed by atoms with Gasteiger partial charge in [0.05, 0.1) is 11.7 Å². The van der Waals surface area contributed by atoms with E-state index in [0.717, 1.165) is 36.8 Å². The maximum Gasteiger partial charge on any atom is 0.253 e. The molecule has 1 aromatic carbocycles. The quantitative estimate of drug-likeness (QED) is 0.816.